The summed E-state index contributed by atoms with van der Waals surface area (Å²) in [6.07, 6.45) is 3.81. The lowest BCUT2D eigenvalue weighted by Crippen LogP contribution is -2.39. The van der Waals surface area contributed by atoms with Gasteiger partial charge in [0, 0.05) is 44.8 Å². The largest absolute Gasteiger partial charge is 0.349 e. The van der Waals surface area contributed by atoms with Crippen molar-refractivity contribution in [1.29, 1.82) is 0 Å². The number of pyridine rings is 1. The molecule has 34 heavy (non-hydrogen) atoms. The van der Waals surface area contributed by atoms with Gasteiger partial charge in [-0.2, -0.15) is 0 Å². The number of benzene rings is 1. The third kappa shape index (κ3) is 4.74. The van der Waals surface area contributed by atoms with E-state index in [1.165, 1.54) is 5.56 Å². The lowest BCUT2D eigenvalue weighted by molar-refractivity contribution is -0.123. The van der Waals surface area contributed by atoms with Gasteiger partial charge in [-0.05, 0) is 61.6 Å². The average molecular weight is 461 g/mol. The fourth-order valence-electron chi connectivity index (χ4n) is 5.92. The number of carbonyl (C=O) groups excluding carboxylic acids is 2. The second kappa shape index (κ2) is 9.49. The Bertz CT molecular complexity index is 1020. The summed E-state index contributed by atoms with van der Waals surface area (Å²) < 4.78 is 0. The summed E-state index contributed by atoms with van der Waals surface area (Å²) in [5.74, 6) is 1.88. The molecule has 0 bridgehead atoms. The highest BCUT2D eigenvalue weighted by atomic mass is 16.2. The second-order valence-electron chi connectivity index (χ2n) is 10.7. The summed E-state index contributed by atoms with van der Waals surface area (Å²) in [6, 6.07) is 12.3. The van der Waals surface area contributed by atoms with Crippen molar-refractivity contribution in [3.63, 3.8) is 0 Å². The van der Waals surface area contributed by atoms with Gasteiger partial charge in [0.1, 0.15) is 0 Å². The van der Waals surface area contributed by atoms with E-state index in [4.69, 9.17) is 0 Å². The zero-order valence-electron chi connectivity index (χ0n) is 20.5. The first-order valence-electron chi connectivity index (χ1n) is 12.7. The van der Waals surface area contributed by atoms with E-state index in [9.17, 15) is 9.59 Å². The van der Waals surface area contributed by atoms with Crippen LogP contribution in [0.1, 0.15) is 53.0 Å². The highest BCUT2D eigenvalue weighted by Gasteiger charge is 2.43. The first kappa shape index (κ1) is 23.0. The summed E-state index contributed by atoms with van der Waals surface area (Å²) >= 11 is 0. The second-order valence-corrected chi connectivity index (χ2v) is 10.7. The van der Waals surface area contributed by atoms with E-state index in [1.807, 2.05) is 30.9 Å². The van der Waals surface area contributed by atoms with Crippen LogP contribution in [0.3, 0.4) is 0 Å². The molecule has 2 aliphatic heterocycles. The number of carbonyl (C=O) groups is 2. The van der Waals surface area contributed by atoms with E-state index >= 15 is 0 Å². The van der Waals surface area contributed by atoms with Crippen molar-refractivity contribution in [3.8, 4) is 0 Å². The molecular weight excluding hydrogens is 424 g/mol. The number of hydrogen-bond donors (Lipinski definition) is 1. The number of nitrogens with one attached hydrogen (secondary N) is 1. The van der Waals surface area contributed by atoms with Gasteiger partial charge in [-0.3, -0.25) is 14.6 Å². The highest BCUT2D eigenvalue weighted by Crippen LogP contribution is 2.35. The van der Waals surface area contributed by atoms with Crippen molar-refractivity contribution in [2.24, 2.45) is 23.7 Å². The Balaban J connectivity index is 1.20. The van der Waals surface area contributed by atoms with Crippen LogP contribution in [0.4, 0.5) is 0 Å². The van der Waals surface area contributed by atoms with Crippen molar-refractivity contribution < 1.29 is 9.59 Å². The maximum absolute atomic E-state index is 13.2. The monoisotopic (exact) mass is 460 g/mol. The van der Waals surface area contributed by atoms with Crippen LogP contribution in [0.15, 0.2) is 42.6 Å². The van der Waals surface area contributed by atoms with Gasteiger partial charge in [-0.25, -0.2) is 0 Å². The number of rotatable bonds is 7. The van der Waals surface area contributed by atoms with Crippen molar-refractivity contribution in [2.45, 2.75) is 39.7 Å². The summed E-state index contributed by atoms with van der Waals surface area (Å²) in [7, 11) is 0. The Morgan fingerprint density at radius 1 is 1.03 bits per heavy atom. The Labute approximate surface area is 202 Å². The standard InChI is InChI=1S/C28H36N4O2/c1-18-11-12-29-20(3)25(18)28(34)32-16-23-14-31(15-24(23)17-32)13-19(2)26(21-7-5-4-6-8-21)30-27(33)22-9-10-22/h4-8,11-12,19,22-24,26H,9-10,13-17H2,1-3H3,(H,30,33)/t19?,23?,24?,26-/m1/s1. The smallest absolute Gasteiger partial charge is 0.255 e. The molecule has 2 amide bonds. The SMILES string of the molecule is Cc1ccnc(C)c1C(=O)N1CC2CN(CC(C)[C@@H](NC(=O)C3CC3)c3ccccc3)CC2C1. The number of amides is 2. The number of aromatic nitrogens is 1. The van der Waals surface area contributed by atoms with E-state index in [0.29, 0.717) is 17.8 Å². The first-order chi connectivity index (χ1) is 16.4. The lowest BCUT2D eigenvalue weighted by Gasteiger charge is -2.30. The van der Waals surface area contributed by atoms with Crippen molar-refractivity contribution in [1.82, 2.24) is 20.1 Å². The van der Waals surface area contributed by atoms with Crippen LogP contribution in [0.2, 0.25) is 0 Å². The van der Waals surface area contributed by atoms with E-state index in [-0.39, 0.29) is 23.8 Å². The minimum absolute atomic E-state index is 0.0318. The van der Waals surface area contributed by atoms with E-state index in [0.717, 1.165) is 62.4 Å². The third-order valence-corrected chi connectivity index (χ3v) is 7.93. The molecule has 5 rings (SSSR count). The molecule has 3 fully saturated rings. The number of hydrogen-bond acceptors (Lipinski definition) is 4. The van der Waals surface area contributed by atoms with Gasteiger partial charge in [0.25, 0.3) is 5.91 Å². The van der Waals surface area contributed by atoms with Crippen molar-refractivity contribution in [2.75, 3.05) is 32.7 Å². The van der Waals surface area contributed by atoms with Gasteiger partial charge in [-0.15, -0.1) is 0 Å². The van der Waals surface area contributed by atoms with Crippen LogP contribution in [0.25, 0.3) is 0 Å². The van der Waals surface area contributed by atoms with Crippen LogP contribution >= 0.6 is 0 Å². The molecule has 180 valence electrons. The molecule has 6 heteroatoms. The molecule has 0 radical (unpaired) electrons. The van der Waals surface area contributed by atoms with Gasteiger partial charge in [0.05, 0.1) is 17.3 Å². The predicted molar refractivity (Wildman–Crippen MR) is 132 cm³/mol. The molecule has 2 saturated heterocycles. The first-order valence-corrected chi connectivity index (χ1v) is 12.7. The molecule has 0 spiro atoms. The molecule has 3 unspecified atom stereocenters. The average Bonchev–Trinajstić information content (AvgIpc) is 3.50. The fraction of sp³-hybridized carbons (Fsp3) is 0.536. The molecule has 3 heterocycles. The summed E-state index contributed by atoms with van der Waals surface area (Å²) in [5.41, 5.74) is 3.77. The van der Waals surface area contributed by atoms with Crippen LogP contribution < -0.4 is 5.32 Å². The molecule has 1 saturated carbocycles. The van der Waals surface area contributed by atoms with Crippen LogP contribution in [-0.2, 0) is 4.79 Å². The zero-order chi connectivity index (χ0) is 23.8. The molecule has 1 aromatic heterocycles. The maximum atomic E-state index is 13.2. The van der Waals surface area contributed by atoms with Crippen LogP contribution in [-0.4, -0.2) is 59.3 Å². The number of aryl methyl sites for hydroxylation is 2. The Morgan fingerprint density at radius 2 is 1.71 bits per heavy atom. The third-order valence-electron chi connectivity index (χ3n) is 7.93. The molecule has 1 aromatic carbocycles. The molecule has 1 aliphatic carbocycles. The molecule has 6 nitrogen and oxygen atoms in total. The molecule has 1 N–H and O–H groups in total. The minimum atomic E-state index is 0.0318. The molecule has 3 aliphatic rings. The van der Waals surface area contributed by atoms with Crippen molar-refractivity contribution >= 4 is 11.8 Å². The number of fused-ring (bicyclic) bond motifs is 1. The van der Waals surface area contributed by atoms with Crippen LogP contribution in [0.5, 0.6) is 0 Å². The molecule has 2 aromatic rings. The molecule has 4 atom stereocenters. The Kier molecular flexibility index (Phi) is 6.43. The van der Waals surface area contributed by atoms with Gasteiger partial charge >= 0.3 is 0 Å². The van der Waals surface area contributed by atoms with E-state index < -0.39 is 0 Å². The molecular formula is C28H36N4O2. The van der Waals surface area contributed by atoms with Gasteiger partial charge in [0.2, 0.25) is 5.91 Å². The summed E-state index contributed by atoms with van der Waals surface area (Å²) in [5, 5.41) is 3.35. The van der Waals surface area contributed by atoms with E-state index in [1.54, 1.807) is 6.20 Å². The van der Waals surface area contributed by atoms with Crippen molar-refractivity contribution in [3.05, 3.63) is 65.0 Å². The Morgan fingerprint density at radius 3 is 2.32 bits per heavy atom. The Hall–Kier alpha value is -2.73. The lowest BCUT2D eigenvalue weighted by atomic mass is 9.93. The number of nitrogens with zero attached hydrogens (tertiary/aromatic N) is 3. The number of likely N-dealkylation sites (tertiary alicyclic amines) is 2. The highest BCUT2D eigenvalue weighted by molar-refractivity contribution is 5.96. The van der Waals surface area contributed by atoms with Crippen LogP contribution in [0, 0.1) is 37.5 Å². The topological polar surface area (TPSA) is 65.5 Å². The zero-order valence-corrected chi connectivity index (χ0v) is 20.5. The van der Waals surface area contributed by atoms with Gasteiger partial charge in [-0.1, -0.05) is 37.3 Å². The fourth-order valence-corrected chi connectivity index (χ4v) is 5.92. The van der Waals surface area contributed by atoms with Gasteiger partial charge in [0.15, 0.2) is 0 Å². The minimum Gasteiger partial charge on any atom is -0.349 e. The summed E-state index contributed by atoms with van der Waals surface area (Å²) in [6.45, 7) is 10.8. The normalized spacial score (nSPS) is 24.0. The van der Waals surface area contributed by atoms with E-state index in [2.05, 4.69) is 46.4 Å². The maximum Gasteiger partial charge on any atom is 0.255 e. The predicted octanol–water partition coefficient (Wildman–Crippen LogP) is 3.61. The summed E-state index contributed by atoms with van der Waals surface area (Å²) in [4.78, 5) is 34.7. The van der Waals surface area contributed by atoms with Gasteiger partial charge < -0.3 is 15.1 Å². The quantitative estimate of drug-likeness (QED) is 0.686.